The molecule has 7 heteroatoms. The molecule has 0 bridgehead atoms. The number of carbonyl (C=O) groups excluding carboxylic acids is 1. The van der Waals surface area contributed by atoms with Gasteiger partial charge in [-0.15, -0.1) is 0 Å². The molecule has 0 heterocycles. The summed E-state index contributed by atoms with van der Waals surface area (Å²) >= 11 is 0. The highest BCUT2D eigenvalue weighted by molar-refractivity contribution is 8.12. The number of halogens is 1. The van der Waals surface area contributed by atoms with Crippen LogP contribution in [0.5, 0.6) is 0 Å². The van der Waals surface area contributed by atoms with E-state index in [1.165, 1.54) is 0 Å². The molecule has 2 amide bonds. The molecule has 0 aliphatic carbocycles. The molecule has 0 fully saturated rings. The van der Waals surface area contributed by atoms with Crippen LogP contribution in [0.25, 0.3) is 0 Å². The van der Waals surface area contributed by atoms with E-state index in [-0.39, 0.29) is 4.48 Å². The third-order valence-corrected chi connectivity index (χ3v) is 3.11. The van der Waals surface area contributed by atoms with Gasteiger partial charge in [0.05, 0.1) is 19.6 Å². The predicted molar refractivity (Wildman–Crippen MR) is 55.2 cm³/mol. The largest absolute Gasteiger partial charge is 0.431 e. The fourth-order valence-corrected chi connectivity index (χ4v) is 1.90. The van der Waals surface area contributed by atoms with Gasteiger partial charge in [-0.05, 0) is 20.8 Å². The van der Waals surface area contributed by atoms with Crippen molar-refractivity contribution in [3.05, 3.63) is 0 Å². The molecule has 0 saturated heterocycles. The SMILES string of the molecule is CC[N+](CC)(CC)C(=O)NS(=O)(=O)Cl. The van der Waals surface area contributed by atoms with Crippen LogP contribution < -0.4 is 4.72 Å². The van der Waals surface area contributed by atoms with E-state index in [0.717, 1.165) is 0 Å². The maximum Gasteiger partial charge on any atom is 0.431 e. The summed E-state index contributed by atoms with van der Waals surface area (Å²) in [6.07, 6.45) is 0. The number of nitrogens with one attached hydrogen (secondary N) is 1. The smallest absolute Gasteiger partial charge is 0.240 e. The first-order chi connectivity index (χ1) is 6.31. The highest BCUT2D eigenvalue weighted by atomic mass is 35.7. The van der Waals surface area contributed by atoms with Crippen LogP contribution in [0.3, 0.4) is 0 Å². The Morgan fingerprint density at radius 1 is 1.21 bits per heavy atom. The van der Waals surface area contributed by atoms with Gasteiger partial charge < -0.3 is 0 Å². The summed E-state index contributed by atoms with van der Waals surface area (Å²) in [4.78, 5) is 11.6. The minimum atomic E-state index is -3.98. The Morgan fingerprint density at radius 2 is 1.57 bits per heavy atom. The molecule has 0 saturated carbocycles. The Bertz CT molecular complexity index is 290. The molecule has 0 atom stereocenters. The average Bonchev–Trinajstić information content (AvgIpc) is 2.05. The molecule has 5 nitrogen and oxygen atoms in total. The quantitative estimate of drug-likeness (QED) is 0.593. The highest BCUT2D eigenvalue weighted by Gasteiger charge is 2.33. The summed E-state index contributed by atoms with van der Waals surface area (Å²) in [7, 11) is 0.956. The van der Waals surface area contributed by atoms with Crippen molar-refractivity contribution in [3.63, 3.8) is 0 Å². The minimum absolute atomic E-state index is 0.0615. The van der Waals surface area contributed by atoms with E-state index in [0.29, 0.717) is 19.6 Å². The summed E-state index contributed by atoms with van der Waals surface area (Å²) in [5, 5.41) is 0. The third-order valence-electron chi connectivity index (χ3n) is 2.46. The van der Waals surface area contributed by atoms with Gasteiger partial charge in [-0.25, -0.2) is 9.28 Å². The number of quaternary nitrogens is 1. The second-order valence-corrected chi connectivity index (χ2v) is 5.24. The molecule has 0 rings (SSSR count). The Hall–Kier alpha value is -0.330. The van der Waals surface area contributed by atoms with Gasteiger partial charge in [0, 0.05) is 10.7 Å². The second kappa shape index (κ2) is 4.95. The van der Waals surface area contributed by atoms with Crippen LogP contribution in [0.1, 0.15) is 20.8 Å². The van der Waals surface area contributed by atoms with Crippen LogP contribution in [-0.4, -0.2) is 38.6 Å². The molecule has 1 N–H and O–H groups in total. The monoisotopic (exact) mass is 243 g/mol. The van der Waals surface area contributed by atoms with E-state index in [1.807, 2.05) is 20.8 Å². The molecule has 0 radical (unpaired) electrons. The Morgan fingerprint density at radius 3 is 1.79 bits per heavy atom. The fraction of sp³-hybridized carbons (Fsp3) is 0.857. The number of rotatable bonds is 4. The number of urea groups is 1. The van der Waals surface area contributed by atoms with Gasteiger partial charge in [-0.2, -0.15) is 13.1 Å². The van der Waals surface area contributed by atoms with E-state index < -0.39 is 15.3 Å². The lowest BCUT2D eigenvalue weighted by molar-refractivity contribution is -0.844. The molecule has 0 aliphatic heterocycles. The van der Waals surface area contributed by atoms with E-state index >= 15 is 0 Å². The summed E-state index contributed by atoms with van der Waals surface area (Å²) in [6.45, 7) is 7.08. The molecule has 0 spiro atoms. The number of carbonyl (C=O) groups is 1. The summed E-state index contributed by atoms with van der Waals surface area (Å²) < 4.78 is 23.2. The Balaban J connectivity index is 4.79. The lowest BCUT2D eigenvalue weighted by atomic mass is 10.4. The summed E-state index contributed by atoms with van der Waals surface area (Å²) in [6, 6.07) is -0.576. The molecule has 0 aromatic rings. The van der Waals surface area contributed by atoms with Crippen LogP contribution >= 0.6 is 10.7 Å². The molecule has 0 unspecified atom stereocenters. The van der Waals surface area contributed by atoms with Gasteiger partial charge in [-0.3, -0.25) is 0 Å². The van der Waals surface area contributed by atoms with Crippen molar-refractivity contribution in [2.24, 2.45) is 0 Å². The van der Waals surface area contributed by atoms with Crippen molar-refractivity contribution in [2.75, 3.05) is 19.6 Å². The van der Waals surface area contributed by atoms with Gasteiger partial charge in [0.1, 0.15) is 0 Å². The van der Waals surface area contributed by atoms with Crippen molar-refractivity contribution in [1.29, 1.82) is 0 Å². The highest BCUT2D eigenvalue weighted by Crippen LogP contribution is 2.08. The zero-order chi connectivity index (χ0) is 11.4. The molecular weight excluding hydrogens is 228 g/mol. The van der Waals surface area contributed by atoms with Crippen LogP contribution in [0.2, 0.25) is 0 Å². The predicted octanol–water partition coefficient (Wildman–Crippen LogP) is 1.06. The maximum absolute atomic E-state index is 11.6. The minimum Gasteiger partial charge on any atom is -0.240 e. The molecular formula is C7H16ClN2O3S+. The first kappa shape index (κ1) is 13.7. The van der Waals surface area contributed by atoms with Gasteiger partial charge in [-0.1, -0.05) is 0 Å². The first-order valence-electron chi connectivity index (χ1n) is 4.44. The van der Waals surface area contributed by atoms with Crippen molar-refractivity contribution < 1.29 is 17.7 Å². The first-order valence-corrected chi connectivity index (χ1v) is 6.75. The van der Waals surface area contributed by atoms with Crippen LogP contribution in [0.15, 0.2) is 0 Å². The third kappa shape index (κ3) is 3.43. The number of hydrogen-bond donors (Lipinski definition) is 1. The Labute approximate surface area is 89.2 Å². The van der Waals surface area contributed by atoms with Gasteiger partial charge in [0.25, 0.3) is 0 Å². The fourth-order valence-electron chi connectivity index (χ4n) is 1.30. The van der Waals surface area contributed by atoms with Crippen LogP contribution in [0, 0.1) is 0 Å². The molecule has 0 aromatic heterocycles. The van der Waals surface area contributed by atoms with Crippen molar-refractivity contribution in [1.82, 2.24) is 4.72 Å². The van der Waals surface area contributed by atoms with E-state index in [9.17, 15) is 13.2 Å². The number of hydrogen-bond acceptors (Lipinski definition) is 3. The van der Waals surface area contributed by atoms with Crippen molar-refractivity contribution >= 4 is 26.0 Å². The van der Waals surface area contributed by atoms with Crippen LogP contribution in [-0.2, 0) is 9.24 Å². The standard InChI is InChI=1S/C7H15ClN2O3S/c1-4-10(5-2,6-3)7(11)9-14(8,12)13/h4-6H2,1-3H3/p+1. The number of amides is 2. The summed E-state index contributed by atoms with van der Waals surface area (Å²) in [5.41, 5.74) is 0. The maximum atomic E-state index is 11.6. The average molecular weight is 244 g/mol. The van der Waals surface area contributed by atoms with E-state index in [4.69, 9.17) is 10.7 Å². The van der Waals surface area contributed by atoms with Gasteiger partial charge in [0.2, 0.25) is 0 Å². The zero-order valence-corrected chi connectivity index (χ0v) is 10.2. The molecule has 0 aliphatic rings. The van der Waals surface area contributed by atoms with Crippen molar-refractivity contribution in [3.8, 4) is 0 Å². The lowest BCUT2D eigenvalue weighted by Gasteiger charge is -2.31. The molecule has 0 aromatic carbocycles. The molecule has 14 heavy (non-hydrogen) atoms. The topological polar surface area (TPSA) is 63.2 Å². The number of nitrogens with zero attached hydrogens (tertiary/aromatic N) is 1. The summed E-state index contributed by atoms with van der Waals surface area (Å²) in [5.74, 6) is 0. The second-order valence-electron chi connectivity index (χ2n) is 2.94. The molecule has 84 valence electrons. The lowest BCUT2D eigenvalue weighted by Crippen LogP contribution is -2.57. The van der Waals surface area contributed by atoms with Crippen molar-refractivity contribution in [2.45, 2.75) is 20.8 Å². The van der Waals surface area contributed by atoms with Gasteiger partial charge >= 0.3 is 15.3 Å². The normalized spacial score (nSPS) is 12.6. The Kier molecular flexibility index (Phi) is 4.83. The zero-order valence-electron chi connectivity index (χ0n) is 8.58. The van der Waals surface area contributed by atoms with E-state index in [2.05, 4.69) is 0 Å². The van der Waals surface area contributed by atoms with E-state index in [1.54, 1.807) is 4.72 Å². The van der Waals surface area contributed by atoms with Gasteiger partial charge in [0.15, 0.2) is 0 Å². The van der Waals surface area contributed by atoms with Crippen LogP contribution in [0.4, 0.5) is 4.79 Å².